The molecule has 1 aliphatic carbocycles. The molecule has 1 aromatic rings. The lowest BCUT2D eigenvalue weighted by molar-refractivity contribution is 0.158. The molecule has 0 radical (unpaired) electrons. The van der Waals surface area contributed by atoms with Gasteiger partial charge in [0.25, 0.3) is 0 Å². The largest absolute Gasteiger partial charge is 0.312 e. The zero-order valence-corrected chi connectivity index (χ0v) is 12.6. The molecule has 1 unspecified atom stereocenters. The first kappa shape index (κ1) is 14.5. The van der Waals surface area contributed by atoms with Crippen LogP contribution in [0.4, 0.5) is 0 Å². The monoisotopic (exact) mass is 260 g/mol. The van der Waals surface area contributed by atoms with Gasteiger partial charge in [-0.25, -0.2) is 0 Å². The van der Waals surface area contributed by atoms with Crippen molar-refractivity contribution in [1.82, 2.24) is 10.2 Å². The van der Waals surface area contributed by atoms with Gasteiger partial charge in [-0.3, -0.25) is 0 Å². The molecule has 2 rings (SSSR count). The zero-order chi connectivity index (χ0) is 13.7. The van der Waals surface area contributed by atoms with Crippen molar-refractivity contribution in [3.63, 3.8) is 0 Å². The highest BCUT2D eigenvalue weighted by atomic mass is 15.1. The quantitative estimate of drug-likeness (QED) is 0.872. The molecule has 0 aliphatic heterocycles. The average molecular weight is 260 g/mol. The molecule has 0 bridgehead atoms. The van der Waals surface area contributed by atoms with E-state index < -0.39 is 0 Å². The number of rotatable bonds is 5. The average Bonchev–Trinajstić information content (AvgIpc) is 2.46. The predicted octanol–water partition coefficient (Wildman–Crippen LogP) is 3.46. The third-order valence-electron chi connectivity index (χ3n) is 4.63. The highest BCUT2D eigenvalue weighted by molar-refractivity contribution is 5.19. The molecule has 2 nitrogen and oxygen atoms in total. The molecule has 1 fully saturated rings. The van der Waals surface area contributed by atoms with Gasteiger partial charge in [0, 0.05) is 18.6 Å². The Morgan fingerprint density at radius 1 is 1.16 bits per heavy atom. The van der Waals surface area contributed by atoms with Gasteiger partial charge >= 0.3 is 0 Å². The van der Waals surface area contributed by atoms with E-state index in [1.807, 2.05) is 0 Å². The van der Waals surface area contributed by atoms with Crippen LogP contribution in [-0.2, 0) is 0 Å². The third-order valence-corrected chi connectivity index (χ3v) is 4.63. The second kappa shape index (κ2) is 7.06. The van der Waals surface area contributed by atoms with Gasteiger partial charge in [0.05, 0.1) is 0 Å². The summed E-state index contributed by atoms with van der Waals surface area (Å²) in [5.74, 6) is 0.930. The molecule has 1 aromatic carbocycles. The molecule has 2 heteroatoms. The molecule has 106 valence electrons. The molecule has 1 N–H and O–H groups in total. The minimum absolute atomic E-state index is 0.436. The standard InChI is InChI=1S/C17H28N2/c1-14-9-11-16(12-10-14)19(3)13-17(18-2)15-7-5-4-6-8-15/h4-8,14,16-18H,9-13H2,1-3H3. The van der Waals surface area contributed by atoms with Crippen molar-refractivity contribution < 1.29 is 0 Å². The predicted molar refractivity (Wildman–Crippen MR) is 82.3 cm³/mol. The molecule has 0 heterocycles. The highest BCUT2D eigenvalue weighted by Crippen LogP contribution is 2.27. The summed E-state index contributed by atoms with van der Waals surface area (Å²) < 4.78 is 0. The first-order valence-electron chi connectivity index (χ1n) is 7.63. The molecule has 19 heavy (non-hydrogen) atoms. The van der Waals surface area contributed by atoms with Crippen molar-refractivity contribution in [3.8, 4) is 0 Å². The molecule has 1 saturated carbocycles. The number of benzene rings is 1. The van der Waals surface area contributed by atoms with Crippen molar-refractivity contribution in [2.24, 2.45) is 5.92 Å². The summed E-state index contributed by atoms with van der Waals surface area (Å²) in [5, 5.41) is 3.46. The first-order valence-corrected chi connectivity index (χ1v) is 7.63. The molecule has 0 spiro atoms. The number of likely N-dealkylation sites (N-methyl/N-ethyl adjacent to an activating group) is 2. The molecule has 0 saturated heterocycles. The van der Waals surface area contributed by atoms with Crippen LogP contribution in [0.25, 0.3) is 0 Å². The van der Waals surface area contributed by atoms with Gasteiger partial charge in [-0.15, -0.1) is 0 Å². The Morgan fingerprint density at radius 3 is 2.37 bits per heavy atom. The molecular formula is C17H28N2. The van der Waals surface area contributed by atoms with Gasteiger partial charge in [0.2, 0.25) is 0 Å². The molecule has 0 amide bonds. The SMILES string of the molecule is CNC(CN(C)C1CCC(C)CC1)c1ccccc1. The second-order valence-electron chi connectivity index (χ2n) is 6.11. The fourth-order valence-corrected chi connectivity index (χ4v) is 3.17. The summed E-state index contributed by atoms with van der Waals surface area (Å²) in [6, 6.07) is 12.0. The number of nitrogens with zero attached hydrogens (tertiary/aromatic N) is 1. The summed E-state index contributed by atoms with van der Waals surface area (Å²) >= 11 is 0. The number of hydrogen-bond donors (Lipinski definition) is 1. The first-order chi connectivity index (χ1) is 9.20. The van der Waals surface area contributed by atoms with Crippen LogP contribution in [0.5, 0.6) is 0 Å². The van der Waals surface area contributed by atoms with Gasteiger partial charge < -0.3 is 10.2 Å². The van der Waals surface area contributed by atoms with Crippen molar-refractivity contribution >= 4 is 0 Å². The minimum Gasteiger partial charge on any atom is -0.312 e. The maximum absolute atomic E-state index is 3.46. The van der Waals surface area contributed by atoms with E-state index in [0.717, 1.165) is 18.5 Å². The van der Waals surface area contributed by atoms with Gasteiger partial charge in [0.15, 0.2) is 0 Å². The summed E-state index contributed by atoms with van der Waals surface area (Å²) in [4.78, 5) is 2.56. The van der Waals surface area contributed by atoms with Crippen LogP contribution < -0.4 is 5.32 Å². The van der Waals surface area contributed by atoms with Crippen LogP contribution >= 0.6 is 0 Å². The topological polar surface area (TPSA) is 15.3 Å². The maximum Gasteiger partial charge on any atom is 0.0446 e. The zero-order valence-electron chi connectivity index (χ0n) is 12.6. The fraction of sp³-hybridized carbons (Fsp3) is 0.647. The van der Waals surface area contributed by atoms with Crippen LogP contribution in [0.1, 0.15) is 44.2 Å². The Labute approximate surface area is 118 Å². The van der Waals surface area contributed by atoms with E-state index in [1.165, 1.54) is 31.2 Å². The Kier molecular flexibility index (Phi) is 5.41. The highest BCUT2D eigenvalue weighted by Gasteiger charge is 2.23. The van der Waals surface area contributed by atoms with E-state index in [0.29, 0.717) is 6.04 Å². The van der Waals surface area contributed by atoms with E-state index in [4.69, 9.17) is 0 Å². The van der Waals surface area contributed by atoms with Gasteiger partial charge in [-0.05, 0) is 51.3 Å². The fourth-order valence-electron chi connectivity index (χ4n) is 3.17. The van der Waals surface area contributed by atoms with E-state index in [9.17, 15) is 0 Å². The van der Waals surface area contributed by atoms with E-state index in [-0.39, 0.29) is 0 Å². The minimum atomic E-state index is 0.436. The maximum atomic E-state index is 3.46. The van der Waals surface area contributed by atoms with Crippen molar-refractivity contribution in [2.45, 2.75) is 44.7 Å². The van der Waals surface area contributed by atoms with E-state index in [1.54, 1.807) is 0 Å². The molecule has 1 aliphatic rings. The lowest BCUT2D eigenvalue weighted by atomic mass is 9.86. The number of nitrogens with one attached hydrogen (secondary N) is 1. The molecule has 1 atom stereocenters. The summed E-state index contributed by atoms with van der Waals surface area (Å²) in [7, 11) is 4.35. The van der Waals surface area contributed by atoms with Gasteiger partial charge in [-0.2, -0.15) is 0 Å². The van der Waals surface area contributed by atoms with Crippen LogP contribution in [-0.4, -0.2) is 31.6 Å². The van der Waals surface area contributed by atoms with Crippen LogP contribution in [0.3, 0.4) is 0 Å². The molecular weight excluding hydrogens is 232 g/mol. The van der Waals surface area contributed by atoms with Crippen molar-refractivity contribution in [2.75, 3.05) is 20.6 Å². The van der Waals surface area contributed by atoms with Crippen LogP contribution in [0.15, 0.2) is 30.3 Å². The van der Waals surface area contributed by atoms with Crippen molar-refractivity contribution in [3.05, 3.63) is 35.9 Å². The Morgan fingerprint density at radius 2 is 1.79 bits per heavy atom. The van der Waals surface area contributed by atoms with Crippen LogP contribution in [0, 0.1) is 5.92 Å². The van der Waals surface area contributed by atoms with Crippen LogP contribution in [0.2, 0.25) is 0 Å². The lowest BCUT2D eigenvalue weighted by Gasteiger charge is -2.35. The summed E-state index contributed by atoms with van der Waals surface area (Å²) in [5.41, 5.74) is 1.39. The normalized spacial score (nSPS) is 25.5. The molecule has 0 aromatic heterocycles. The third kappa shape index (κ3) is 4.05. The Balaban J connectivity index is 1.91. The van der Waals surface area contributed by atoms with E-state index in [2.05, 4.69) is 61.6 Å². The summed E-state index contributed by atoms with van der Waals surface area (Å²) in [6.07, 6.45) is 5.51. The Bertz CT molecular complexity index is 355. The smallest absolute Gasteiger partial charge is 0.0446 e. The van der Waals surface area contributed by atoms with Gasteiger partial charge in [0.1, 0.15) is 0 Å². The van der Waals surface area contributed by atoms with Crippen molar-refractivity contribution in [1.29, 1.82) is 0 Å². The summed E-state index contributed by atoms with van der Waals surface area (Å²) in [6.45, 7) is 3.48. The lowest BCUT2D eigenvalue weighted by Crippen LogP contribution is -2.40. The van der Waals surface area contributed by atoms with E-state index >= 15 is 0 Å². The Hall–Kier alpha value is -0.860. The number of hydrogen-bond acceptors (Lipinski definition) is 2. The second-order valence-corrected chi connectivity index (χ2v) is 6.11. The van der Waals surface area contributed by atoms with Gasteiger partial charge in [-0.1, -0.05) is 37.3 Å².